The van der Waals surface area contributed by atoms with Crippen molar-refractivity contribution in [3.05, 3.63) is 29.3 Å². The second-order valence-electron chi connectivity index (χ2n) is 5.43. The molecule has 1 unspecified atom stereocenters. The van der Waals surface area contributed by atoms with Gasteiger partial charge in [-0.25, -0.2) is 9.18 Å². The molecule has 1 aromatic rings. The lowest BCUT2D eigenvalue weighted by Crippen LogP contribution is -2.35. The van der Waals surface area contributed by atoms with Crippen LogP contribution in [0.15, 0.2) is 12.1 Å². The van der Waals surface area contributed by atoms with Crippen molar-refractivity contribution in [2.24, 2.45) is 0 Å². The number of amides is 1. The molecule has 0 fully saturated rings. The summed E-state index contributed by atoms with van der Waals surface area (Å²) < 4.78 is 18.9. The zero-order valence-electron chi connectivity index (χ0n) is 12.1. The van der Waals surface area contributed by atoms with Gasteiger partial charge in [0.15, 0.2) is 0 Å². The maximum absolute atomic E-state index is 13.7. The molecule has 0 aromatic carbocycles. The molecule has 4 nitrogen and oxygen atoms in total. The Morgan fingerprint density at radius 1 is 1.47 bits per heavy atom. The van der Waals surface area contributed by atoms with Crippen LogP contribution >= 0.6 is 0 Å². The molecule has 106 valence electrons. The Balaban J connectivity index is 2.84. The number of carbonyl (C=O) groups excluding carboxylic acids is 1. The molecule has 1 N–H and O–H groups in total. The van der Waals surface area contributed by atoms with Crippen LogP contribution in [-0.4, -0.2) is 16.7 Å². The second kappa shape index (κ2) is 5.99. The number of carbonyl (C=O) groups is 1. The van der Waals surface area contributed by atoms with Crippen LogP contribution in [0, 0.1) is 12.7 Å². The molecule has 0 spiro atoms. The number of hydrogen-bond donors (Lipinski definition) is 1. The third-order valence-electron chi connectivity index (χ3n) is 2.44. The highest BCUT2D eigenvalue weighted by Gasteiger charge is 2.22. The highest BCUT2D eigenvalue weighted by molar-refractivity contribution is 5.68. The number of ether oxygens (including phenoxy) is 1. The molecule has 19 heavy (non-hydrogen) atoms. The molecule has 0 aliphatic carbocycles. The largest absolute Gasteiger partial charge is 0.444 e. The number of alkyl carbamates (subject to hydrolysis) is 1. The van der Waals surface area contributed by atoms with E-state index in [2.05, 4.69) is 10.3 Å². The molecule has 1 rings (SSSR count). The molecule has 1 amide bonds. The fraction of sp³-hybridized carbons (Fsp3) is 0.571. The van der Waals surface area contributed by atoms with Crippen LogP contribution in [0.3, 0.4) is 0 Å². The Labute approximate surface area is 113 Å². The van der Waals surface area contributed by atoms with E-state index in [1.165, 1.54) is 6.07 Å². The first-order valence-corrected chi connectivity index (χ1v) is 6.35. The van der Waals surface area contributed by atoms with Gasteiger partial charge in [-0.2, -0.15) is 0 Å². The molecule has 0 bridgehead atoms. The summed E-state index contributed by atoms with van der Waals surface area (Å²) in [5, 5.41) is 2.64. The van der Waals surface area contributed by atoms with E-state index in [4.69, 9.17) is 4.74 Å². The van der Waals surface area contributed by atoms with Gasteiger partial charge in [0.2, 0.25) is 0 Å². The van der Waals surface area contributed by atoms with Gasteiger partial charge in [-0.05, 0) is 46.2 Å². The smallest absolute Gasteiger partial charge is 0.408 e. The quantitative estimate of drug-likeness (QED) is 0.912. The number of halogens is 1. The number of nitrogens with one attached hydrogen (secondary N) is 1. The van der Waals surface area contributed by atoms with Crippen LogP contribution in [0.2, 0.25) is 0 Å². The summed E-state index contributed by atoms with van der Waals surface area (Å²) in [6.45, 7) is 8.96. The minimum atomic E-state index is -0.582. The van der Waals surface area contributed by atoms with Crippen molar-refractivity contribution in [1.29, 1.82) is 0 Å². The van der Waals surface area contributed by atoms with Gasteiger partial charge in [0.1, 0.15) is 11.4 Å². The van der Waals surface area contributed by atoms with Crippen LogP contribution in [0.25, 0.3) is 0 Å². The van der Waals surface area contributed by atoms with Gasteiger partial charge in [-0.3, -0.25) is 4.98 Å². The van der Waals surface area contributed by atoms with Crippen molar-refractivity contribution >= 4 is 6.09 Å². The minimum absolute atomic E-state index is 0.244. The van der Waals surface area contributed by atoms with Gasteiger partial charge in [-0.1, -0.05) is 6.92 Å². The van der Waals surface area contributed by atoms with Crippen molar-refractivity contribution in [1.82, 2.24) is 10.3 Å². The minimum Gasteiger partial charge on any atom is -0.444 e. The number of rotatable bonds is 3. The number of hydrogen-bond acceptors (Lipinski definition) is 3. The second-order valence-corrected chi connectivity index (χ2v) is 5.43. The molecule has 0 radical (unpaired) electrons. The van der Waals surface area contributed by atoms with Crippen molar-refractivity contribution < 1.29 is 13.9 Å². The van der Waals surface area contributed by atoms with E-state index in [0.717, 1.165) is 0 Å². The van der Waals surface area contributed by atoms with Gasteiger partial charge >= 0.3 is 6.09 Å². The first-order valence-electron chi connectivity index (χ1n) is 6.35. The molecule has 1 aromatic heterocycles. The number of aromatic nitrogens is 1. The fourth-order valence-electron chi connectivity index (χ4n) is 1.62. The summed E-state index contributed by atoms with van der Waals surface area (Å²) in [6.07, 6.45) is -0.0332. The van der Waals surface area contributed by atoms with Crippen LogP contribution in [0.4, 0.5) is 9.18 Å². The van der Waals surface area contributed by atoms with E-state index >= 15 is 0 Å². The van der Waals surface area contributed by atoms with Crippen molar-refractivity contribution in [3.63, 3.8) is 0 Å². The average molecular weight is 268 g/mol. The lowest BCUT2D eigenvalue weighted by Gasteiger charge is -2.23. The van der Waals surface area contributed by atoms with Crippen LogP contribution < -0.4 is 5.32 Å². The van der Waals surface area contributed by atoms with E-state index in [1.54, 1.807) is 33.8 Å². The van der Waals surface area contributed by atoms with E-state index in [9.17, 15) is 9.18 Å². The standard InChI is InChI=1S/C14H21FN2O2/c1-6-11(17-13(18)19-14(3,4)5)12-10(15)8-7-9(2)16-12/h7-8,11H,6H2,1-5H3,(H,17,18). The summed E-state index contributed by atoms with van der Waals surface area (Å²) in [5.41, 5.74) is 0.371. The number of aryl methyl sites for hydroxylation is 1. The summed E-state index contributed by atoms with van der Waals surface area (Å²) in [6, 6.07) is 2.46. The molecule has 0 saturated heterocycles. The lowest BCUT2D eigenvalue weighted by molar-refractivity contribution is 0.0500. The summed E-state index contributed by atoms with van der Waals surface area (Å²) >= 11 is 0. The highest BCUT2D eigenvalue weighted by Crippen LogP contribution is 2.19. The van der Waals surface area contributed by atoms with E-state index in [1.807, 2.05) is 6.92 Å². The lowest BCUT2D eigenvalue weighted by atomic mass is 10.1. The Kier molecular flexibility index (Phi) is 4.86. The topological polar surface area (TPSA) is 51.2 Å². The predicted molar refractivity (Wildman–Crippen MR) is 71.3 cm³/mol. The van der Waals surface area contributed by atoms with Crippen LogP contribution in [0.5, 0.6) is 0 Å². The Hall–Kier alpha value is -1.65. The molecule has 0 saturated carbocycles. The molecular weight excluding hydrogens is 247 g/mol. The third kappa shape index (κ3) is 4.85. The molecule has 1 atom stereocenters. The zero-order chi connectivity index (χ0) is 14.6. The SMILES string of the molecule is CCC(NC(=O)OC(C)(C)C)c1nc(C)ccc1F. The van der Waals surface area contributed by atoms with Crippen molar-refractivity contribution in [2.75, 3.05) is 0 Å². The van der Waals surface area contributed by atoms with Gasteiger partial charge in [0.25, 0.3) is 0 Å². The molecule has 5 heteroatoms. The third-order valence-corrected chi connectivity index (χ3v) is 2.44. The van der Waals surface area contributed by atoms with Crippen molar-refractivity contribution in [2.45, 2.75) is 52.7 Å². The first kappa shape index (κ1) is 15.4. The van der Waals surface area contributed by atoms with Crippen molar-refractivity contribution in [3.8, 4) is 0 Å². The maximum atomic E-state index is 13.7. The predicted octanol–water partition coefficient (Wildman–Crippen LogP) is 3.50. The highest BCUT2D eigenvalue weighted by atomic mass is 19.1. The van der Waals surface area contributed by atoms with Gasteiger partial charge in [0.05, 0.1) is 11.7 Å². The fourth-order valence-corrected chi connectivity index (χ4v) is 1.62. The van der Waals surface area contributed by atoms with Gasteiger partial charge in [0, 0.05) is 5.69 Å². The van der Waals surface area contributed by atoms with Crippen LogP contribution in [0.1, 0.15) is 51.5 Å². The Morgan fingerprint density at radius 2 is 2.11 bits per heavy atom. The zero-order valence-corrected chi connectivity index (χ0v) is 12.1. The van der Waals surface area contributed by atoms with Gasteiger partial charge in [-0.15, -0.1) is 0 Å². The maximum Gasteiger partial charge on any atom is 0.408 e. The summed E-state index contributed by atoms with van der Waals surface area (Å²) in [5.74, 6) is -0.423. The first-order chi connectivity index (χ1) is 8.73. The van der Waals surface area contributed by atoms with E-state index in [0.29, 0.717) is 12.1 Å². The molecular formula is C14H21FN2O2. The summed E-state index contributed by atoms with van der Waals surface area (Å²) in [4.78, 5) is 15.9. The molecule has 0 aliphatic heterocycles. The van der Waals surface area contributed by atoms with Crippen LogP contribution in [-0.2, 0) is 4.74 Å². The average Bonchev–Trinajstić information content (AvgIpc) is 2.27. The summed E-state index contributed by atoms with van der Waals surface area (Å²) in [7, 11) is 0. The monoisotopic (exact) mass is 268 g/mol. The number of pyridine rings is 1. The van der Waals surface area contributed by atoms with E-state index in [-0.39, 0.29) is 5.69 Å². The Bertz CT molecular complexity index is 455. The Morgan fingerprint density at radius 3 is 2.63 bits per heavy atom. The normalized spacial score (nSPS) is 12.9. The molecule has 1 heterocycles. The number of nitrogens with zero attached hydrogens (tertiary/aromatic N) is 1. The van der Waals surface area contributed by atoms with Gasteiger partial charge < -0.3 is 10.1 Å². The molecule has 0 aliphatic rings. The van der Waals surface area contributed by atoms with E-state index < -0.39 is 23.6 Å².